The second kappa shape index (κ2) is 9.10. The Morgan fingerprint density at radius 2 is 1.69 bits per heavy atom. The standard InChI is InChI=1S/C17H16F3N3O2.ClH/c18-17(19,20)25-14-9-5-4-8-12(14)10-13(15(24)23-16(21)22)11-6-2-1-3-7-11;/h1-9,13H,10H2,(H4,21,22,23,24);1H. The van der Waals surface area contributed by atoms with Gasteiger partial charge in [-0.15, -0.1) is 25.6 Å². The molecule has 0 aliphatic heterocycles. The summed E-state index contributed by atoms with van der Waals surface area (Å²) in [5.41, 5.74) is 6.00. The molecule has 2 aromatic carbocycles. The quantitative estimate of drug-likeness (QED) is 0.543. The normalized spacial score (nSPS) is 11.8. The van der Waals surface area contributed by atoms with Crippen molar-refractivity contribution in [1.29, 1.82) is 5.41 Å². The minimum absolute atomic E-state index is 0. The van der Waals surface area contributed by atoms with E-state index in [1.165, 1.54) is 18.2 Å². The van der Waals surface area contributed by atoms with Gasteiger partial charge in [-0.2, -0.15) is 0 Å². The van der Waals surface area contributed by atoms with Crippen molar-refractivity contribution < 1.29 is 22.7 Å². The molecule has 0 saturated carbocycles. The van der Waals surface area contributed by atoms with E-state index in [9.17, 15) is 18.0 Å². The van der Waals surface area contributed by atoms with Gasteiger partial charge in [-0.1, -0.05) is 48.5 Å². The van der Waals surface area contributed by atoms with Crippen LogP contribution in [0.25, 0.3) is 0 Å². The van der Waals surface area contributed by atoms with Gasteiger partial charge in [0.25, 0.3) is 0 Å². The highest BCUT2D eigenvalue weighted by Gasteiger charge is 2.32. The van der Waals surface area contributed by atoms with E-state index in [1.807, 2.05) is 0 Å². The van der Waals surface area contributed by atoms with Crippen LogP contribution in [-0.4, -0.2) is 18.2 Å². The number of nitrogens with one attached hydrogen (secondary N) is 2. The van der Waals surface area contributed by atoms with E-state index in [0.717, 1.165) is 0 Å². The molecule has 2 aromatic rings. The predicted octanol–water partition coefficient (Wildman–Crippen LogP) is 3.34. The number of carbonyl (C=O) groups excluding carboxylic acids is 1. The van der Waals surface area contributed by atoms with Crippen molar-refractivity contribution in [2.75, 3.05) is 0 Å². The number of ether oxygens (including phenoxy) is 1. The van der Waals surface area contributed by atoms with Gasteiger partial charge < -0.3 is 10.5 Å². The molecule has 9 heteroatoms. The van der Waals surface area contributed by atoms with Crippen LogP contribution >= 0.6 is 12.4 Å². The number of rotatable bonds is 5. The molecule has 0 aliphatic rings. The Labute approximate surface area is 154 Å². The highest BCUT2D eigenvalue weighted by atomic mass is 35.5. The van der Waals surface area contributed by atoms with E-state index in [2.05, 4.69) is 10.1 Å². The largest absolute Gasteiger partial charge is 0.573 e. The fraction of sp³-hybridized carbons (Fsp3) is 0.176. The van der Waals surface area contributed by atoms with E-state index < -0.39 is 24.1 Å². The van der Waals surface area contributed by atoms with Crippen LogP contribution in [-0.2, 0) is 11.2 Å². The van der Waals surface area contributed by atoms with Gasteiger partial charge in [0.2, 0.25) is 5.91 Å². The van der Waals surface area contributed by atoms with Gasteiger partial charge in [0.1, 0.15) is 5.75 Å². The maximum absolute atomic E-state index is 12.6. The van der Waals surface area contributed by atoms with Gasteiger partial charge in [-0.25, -0.2) is 0 Å². The molecule has 26 heavy (non-hydrogen) atoms. The Balaban J connectivity index is 0.00000338. The number of halogens is 4. The number of carbonyl (C=O) groups is 1. The minimum Gasteiger partial charge on any atom is -0.406 e. The highest BCUT2D eigenvalue weighted by molar-refractivity contribution is 5.98. The summed E-state index contributed by atoms with van der Waals surface area (Å²) in [5.74, 6) is -2.32. The molecule has 2 rings (SSSR count). The Morgan fingerprint density at radius 3 is 2.27 bits per heavy atom. The van der Waals surface area contributed by atoms with Crippen molar-refractivity contribution in [1.82, 2.24) is 5.32 Å². The number of para-hydroxylation sites is 1. The molecule has 5 nitrogen and oxygen atoms in total. The first-order valence-electron chi connectivity index (χ1n) is 7.30. The Kier molecular flexibility index (Phi) is 7.45. The number of hydrogen-bond acceptors (Lipinski definition) is 3. The van der Waals surface area contributed by atoms with Crippen LogP contribution in [0.2, 0.25) is 0 Å². The molecule has 0 aliphatic carbocycles. The summed E-state index contributed by atoms with van der Waals surface area (Å²) in [6, 6.07) is 14.1. The molecular weight excluding hydrogens is 371 g/mol. The second-order valence-electron chi connectivity index (χ2n) is 5.23. The first-order chi connectivity index (χ1) is 11.8. The zero-order valence-electron chi connectivity index (χ0n) is 13.4. The van der Waals surface area contributed by atoms with E-state index in [-0.39, 0.29) is 30.1 Å². The Hall–Kier alpha value is -2.74. The summed E-state index contributed by atoms with van der Waals surface area (Å²) in [5, 5.41) is 9.38. The summed E-state index contributed by atoms with van der Waals surface area (Å²) in [4.78, 5) is 12.4. The van der Waals surface area contributed by atoms with Gasteiger partial charge in [0.15, 0.2) is 5.96 Å². The summed E-state index contributed by atoms with van der Waals surface area (Å²) in [7, 11) is 0. The number of alkyl halides is 3. The number of amides is 1. The molecule has 0 heterocycles. The highest BCUT2D eigenvalue weighted by Crippen LogP contribution is 2.30. The van der Waals surface area contributed by atoms with Crippen molar-refractivity contribution >= 4 is 24.3 Å². The fourth-order valence-corrected chi connectivity index (χ4v) is 2.38. The molecule has 0 saturated heterocycles. The van der Waals surface area contributed by atoms with Crippen LogP contribution in [0.5, 0.6) is 5.75 Å². The van der Waals surface area contributed by atoms with E-state index in [4.69, 9.17) is 11.1 Å². The molecule has 0 aromatic heterocycles. The number of guanidine groups is 1. The molecule has 4 N–H and O–H groups in total. The monoisotopic (exact) mass is 387 g/mol. The average molecular weight is 388 g/mol. The molecule has 0 bridgehead atoms. The van der Waals surface area contributed by atoms with Crippen molar-refractivity contribution in [2.24, 2.45) is 5.73 Å². The molecule has 1 atom stereocenters. The maximum Gasteiger partial charge on any atom is 0.573 e. The van der Waals surface area contributed by atoms with Crippen LogP contribution in [0, 0.1) is 5.41 Å². The fourth-order valence-electron chi connectivity index (χ4n) is 2.38. The van der Waals surface area contributed by atoms with Crippen LogP contribution in [0.15, 0.2) is 54.6 Å². The predicted molar refractivity (Wildman–Crippen MR) is 93.3 cm³/mol. The minimum atomic E-state index is -4.83. The first-order valence-corrected chi connectivity index (χ1v) is 7.30. The zero-order chi connectivity index (χ0) is 18.4. The van der Waals surface area contributed by atoms with Gasteiger partial charge in [0, 0.05) is 0 Å². The van der Waals surface area contributed by atoms with Gasteiger partial charge in [-0.3, -0.25) is 15.5 Å². The van der Waals surface area contributed by atoms with E-state index in [0.29, 0.717) is 5.56 Å². The number of nitrogens with two attached hydrogens (primary N) is 1. The van der Waals surface area contributed by atoms with Gasteiger partial charge >= 0.3 is 6.36 Å². The zero-order valence-corrected chi connectivity index (χ0v) is 14.2. The molecule has 1 unspecified atom stereocenters. The van der Waals surface area contributed by atoms with Crippen molar-refractivity contribution in [3.05, 3.63) is 65.7 Å². The lowest BCUT2D eigenvalue weighted by Gasteiger charge is -2.19. The Bertz CT molecular complexity index is 754. The van der Waals surface area contributed by atoms with Crippen molar-refractivity contribution in [3.63, 3.8) is 0 Å². The van der Waals surface area contributed by atoms with E-state index in [1.54, 1.807) is 36.4 Å². The Morgan fingerprint density at radius 1 is 1.12 bits per heavy atom. The topological polar surface area (TPSA) is 88.2 Å². The maximum atomic E-state index is 12.6. The summed E-state index contributed by atoms with van der Waals surface area (Å²) in [6.45, 7) is 0. The molecular formula is C17H17ClF3N3O2. The van der Waals surface area contributed by atoms with Crippen LogP contribution in [0.4, 0.5) is 13.2 Å². The molecule has 0 spiro atoms. The molecule has 0 radical (unpaired) electrons. The van der Waals surface area contributed by atoms with Crippen LogP contribution in [0.3, 0.4) is 0 Å². The summed E-state index contributed by atoms with van der Waals surface area (Å²) in [6.07, 6.45) is -4.88. The van der Waals surface area contributed by atoms with Crippen molar-refractivity contribution in [3.8, 4) is 5.75 Å². The van der Waals surface area contributed by atoms with E-state index >= 15 is 0 Å². The molecule has 1 amide bonds. The smallest absolute Gasteiger partial charge is 0.406 e. The van der Waals surface area contributed by atoms with Crippen LogP contribution in [0.1, 0.15) is 17.0 Å². The summed E-state index contributed by atoms with van der Waals surface area (Å²) >= 11 is 0. The third-order valence-corrected chi connectivity index (χ3v) is 3.40. The SMILES string of the molecule is Cl.N=C(N)NC(=O)C(Cc1ccccc1OC(F)(F)F)c1ccccc1. The van der Waals surface area contributed by atoms with Gasteiger partial charge in [0.05, 0.1) is 5.92 Å². The van der Waals surface area contributed by atoms with Crippen molar-refractivity contribution in [2.45, 2.75) is 18.7 Å². The first kappa shape index (κ1) is 21.3. The van der Waals surface area contributed by atoms with Gasteiger partial charge in [-0.05, 0) is 23.6 Å². The lowest BCUT2D eigenvalue weighted by atomic mass is 9.91. The third kappa shape index (κ3) is 6.29. The summed E-state index contributed by atoms with van der Waals surface area (Å²) < 4.78 is 41.7. The molecule has 0 fully saturated rings. The third-order valence-electron chi connectivity index (χ3n) is 3.40. The second-order valence-corrected chi connectivity index (χ2v) is 5.23. The van der Waals surface area contributed by atoms with Crippen LogP contribution < -0.4 is 15.8 Å². The number of hydrogen-bond donors (Lipinski definition) is 3. The lowest BCUT2D eigenvalue weighted by Crippen LogP contribution is -2.39. The number of benzene rings is 2. The lowest BCUT2D eigenvalue weighted by molar-refractivity contribution is -0.274. The average Bonchev–Trinajstić information content (AvgIpc) is 2.52. The molecule has 140 valence electrons.